The first-order valence-electron chi connectivity index (χ1n) is 4.28. The van der Waals surface area contributed by atoms with Crippen LogP contribution in [0.3, 0.4) is 0 Å². The second-order valence-corrected chi connectivity index (χ2v) is 2.63. The number of methoxy groups -OCH3 is 1. The van der Waals surface area contributed by atoms with Crippen LogP contribution < -0.4 is 14.8 Å². The third-order valence-corrected chi connectivity index (χ3v) is 1.68. The molecule has 1 aromatic rings. The molecule has 1 rings (SSSR count). The standard InChI is InChI=1S/C10H15NO2/c1-11-7-8-13-10-5-3-9(12-2)4-6-10/h3-6,11H,7-8H2,1-2H3. The maximum atomic E-state index is 5.43. The third-order valence-electron chi connectivity index (χ3n) is 1.68. The number of rotatable bonds is 5. The van der Waals surface area contributed by atoms with Crippen molar-refractivity contribution in [2.24, 2.45) is 0 Å². The van der Waals surface area contributed by atoms with Crippen molar-refractivity contribution in [2.75, 3.05) is 27.3 Å². The molecule has 0 aliphatic rings. The minimum absolute atomic E-state index is 0.683. The van der Waals surface area contributed by atoms with Gasteiger partial charge >= 0.3 is 0 Å². The molecule has 3 nitrogen and oxygen atoms in total. The Morgan fingerprint density at radius 3 is 2.31 bits per heavy atom. The highest BCUT2D eigenvalue weighted by Crippen LogP contribution is 2.16. The fourth-order valence-electron chi connectivity index (χ4n) is 0.943. The minimum Gasteiger partial charge on any atom is -0.497 e. The van der Waals surface area contributed by atoms with Crippen molar-refractivity contribution < 1.29 is 9.47 Å². The fourth-order valence-corrected chi connectivity index (χ4v) is 0.943. The Morgan fingerprint density at radius 2 is 1.77 bits per heavy atom. The van der Waals surface area contributed by atoms with Crippen molar-refractivity contribution in [2.45, 2.75) is 0 Å². The topological polar surface area (TPSA) is 30.5 Å². The van der Waals surface area contributed by atoms with E-state index in [-0.39, 0.29) is 0 Å². The van der Waals surface area contributed by atoms with Gasteiger partial charge in [0.2, 0.25) is 0 Å². The Morgan fingerprint density at radius 1 is 1.15 bits per heavy atom. The van der Waals surface area contributed by atoms with Gasteiger partial charge in [-0.15, -0.1) is 0 Å². The fraction of sp³-hybridized carbons (Fsp3) is 0.400. The summed E-state index contributed by atoms with van der Waals surface area (Å²) < 4.78 is 10.5. The highest BCUT2D eigenvalue weighted by molar-refractivity contribution is 5.31. The molecule has 0 atom stereocenters. The Kier molecular flexibility index (Phi) is 4.12. The molecule has 0 aliphatic carbocycles. The molecule has 0 saturated heterocycles. The highest BCUT2D eigenvalue weighted by atomic mass is 16.5. The Bertz CT molecular complexity index is 233. The van der Waals surface area contributed by atoms with Crippen LogP contribution in [0.15, 0.2) is 24.3 Å². The van der Waals surface area contributed by atoms with E-state index in [9.17, 15) is 0 Å². The van der Waals surface area contributed by atoms with Crippen LogP contribution in [0.25, 0.3) is 0 Å². The molecule has 0 aliphatic heterocycles. The van der Waals surface area contributed by atoms with Crippen LogP contribution in [0.4, 0.5) is 0 Å². The molecule has 0 bridgehead atoms. The van der Waals surface area contributed by atoms with Crippen LogP contribution in [0.5, 0.6) is 11.5 Å². The van der Waals surface area contributed by atoms with Crippen molar-refractivity contribution >= 4 is 0 Å². The molecule has 13 heavy (non-hydrogen) atoms. The van der Waals surface area contributed by atoms with Crippen molar-refractivity contribution in [3.63, 3.8) is 0 Å². The first-order valence-corrected chi connectivity index (χ1v) is 4.28. The molecule has 0 spiro atoms. The van der Waals surface area contributed by atoms with Gasteiger partial charge in [0, 0.05) is 6.54 Å². The summed E-state index contributed by atoms with van der Waals surface area (Å²) in [6.07, 6.45) is 0. The zero-order valence-electron chi connectivity index (χ0n) is 8.04. The average molecular weight is 181 g/mol. The highest BCUT2D eigenvalue weighted by Gasteiger charge is 1.93. The van der Waals surface area contributed by atoms with Gasteiger partial charge in [-0.05, 0) is 31.3 Å². The summed E-state index contributed by atoms with van der Waals surface area (Å²) in [6, 6.07) is 7.56. The number of likely N-dealkylation sites (N-methyl/N-ethyl adjacent to an activating group) is 1. The number of benzene rings is 1. The molecule has 0 unspecified atom stereocenters. The van der Waals surface area contributed by atoms with E-state index in [0.717, 1.165) is 18.0 Å². The number of hydrogen-bond donors (Lipinski definition) is 1. The second kappa shape index (κ2) is 5.43. The lowest BCUT2D eigenvalue weighted by molar-refractivity contribution is 0.317. The number of hydrogen-bond acceptors (Lipinski definition) is 3. The number of nitrogens with one attached hydrogen (secondary N) is 1. The van der Waals surface area contributed by atoms with Crippen molar-refractivity contribution in [3.05, 3.63) is 24.3 Å². The maximum absolute atomic E-state index is 5.43. The van der Waals surface area contributed by atoms with Crippen LogP contribution in [0.1, 0.15) is 0 Å². The van der Waals surface area contributed by atoms with Gasteiger partial charge in [-0.25, -0.2) is 0 Å². The van der Waals surface area contributed by atoms with Gasteiger partial charge < -0.3 is 14.8 Å². The predicted molar refractivity (Wildman–Crippen MR) is 52.4 cm³/mol. The lowest BCUT2D eigenvalue weighted by Gasteiger charge is -2.05. The summed E-state index contributed by atoms with van der Waals surface area (Å²) in [6.45, 7) is 1.54. The van der Waals surface area contributed by atoms with E-state index in [2.05, 4.69) is 5.32 Å². The molecule has 0 fully saturated rings. The van der Waals surface area contributed by atoms with Crippen LogP contribution in [0.2, 0.25) is 0 Å². The first kappa shape index (κ1) is 9.86. The van der Waals surface area contributed by atoms with Gasteiger partial charge in [0.15, 0.2) is 0 Å². The normalized spacial score (nSPS) is 9.69. The Hall–Kier alpha value is -1.22. The summed E-state index contributed by atoms with van der Waals surface area (Å²) >= 11 is 0. The molecule has 0 saturated carbocycles. The molecule has 0 radical (unpaired) electrons. The molecule has 72 valence electrons. The number of ether oxygens (including phenoxy) is 2. The van der Waals surface area contributed by atoms with Crippen molar-refractivity contribution in [1.29, 1.82) is 0 Å². The molecule has 0 aromatic heterocycles. The van der Waals surface area contributed by atoms with Gasteiger partial charge in [0.05, 0.1) is 7.11 Å². The third kappa shape index (κ3) is 3.34. The Balaban J connectivity index is 2.40. The van der Waals surface area contributed by atoms with Crippen LogP contribution >= 0.6 is 0 Å². The summed E-state index contributed by atoms with van der Waals surface area (Å²) in [4.78, 5) is 0. The van der Waals surface area contributed by atoms with E-state index in [0.29, 0.717) is 6.61 Å². The van der Waals surface area contributed by atoms with E-state index in [1.54, 1.807) is 7.11 Å². The molecule has 1 N–H and O–H groups in total. The first-order chi connectivity index (χ1) is 6.36. The van der Waals surface area contributed by atoms with E-state index < -0.39 is 0 Å². The largest absolute Gasteiger partial charge is 0.497 e. The SMILES string of the molecule is CNCCOc1ccc(OC)cc1. The van der Waals surface area contributed by atoms with Crippen LogP contribution in [-0.2, 0) is 0 Å². The zero-order valence-corrected chi connectivity index (χ0v) is 8.04. The molecule has 0 amide bonds. The smallest absolute Gasteiger partial charge is 0.119 e. The summed E-state index contributed by atoms with van der Waals surface area (Å²) in [7, 11) is 3.55. The summed E-state index contributed by atoms with van der Waals surface area (Å²) in [5.74, 6) is 1.72. The van der Waals surface area contributed by atoms with Gasteiger partial charge in [-0.2, -0.15) is 0 Å². The summed E-state index contributed by atoms with van der Waals surface area (Å²) in [5, 5.41) is 3.01. The summed E-state index contributed by atoms with van der Waals surface area (Å²) in [5.41, 5.74) is 0. The van der Waals surface area contributed by atoms with E-state index >= 15 is 0 Å². The predicted octanol–water partition coefficient (Wildman–Crippen LogP) is 1.29. The van der Waals surface area contributed by atoms with Gasteiger partial charge in [-0.3, -0.25) is 0 Å². The van der Waals surface area contributed by atoms with E-state index in [1.165, 1.54) is 0 Å². The van der Waals surface area contributed by atoms with Gasteiger partial charge in [-0.1, -0.05) is 0 Å². The maximum Gasteiger partial charge on any atom is 0.119 e. The molecule has 0 heterocycles. The van der Waals surface area contributed by atoms with Gasteiger partial charge in [0.25, 0.3) is 0 Å². The Labute approximate surface area is 78.7 Å². The quantitative estimate of drug-likeness (QED) is 0.694. The van der Waals surface area contributed by atoms with E-state index in [1.807, 2.05) is 31.3 Å². The second-order valence-electron chi connectivity index (χ2n) is 2.63. The lowest BCUT2D eigenvalue weighted by Crippen LogP contribution is -2.15. The monoisotopic (exact) mass is 181 g/mol. The lowest BCUT2D eigenvalue weighted by atomic mass is 10.3. The molecular formula is C10H15NO2. The van der Waals surface area contributed by atoms with Crippen LogP contribution in [-0.4, -0.2) is 27.3 Å². The molecular weight excluding hydrogens is 166 g/mol. The van der Waals surface area contributed by atoms with Crippen molar-refractivity contribution in [3.8, 4) is 11.5 Å². The van der Waals surface area contributed by atoms with Crippen LogP contribution in [0, 0.1) is 0 Å². The zero-order chi connectivity index (χ0) is 9.52. The van der Waals surface area contributed by atoms with Gasteiger partial charge in [0.1, 0.15) is 18.1 Å². The minimum atomic E-state index is 0.683. The average Bonchev–Trinajstić information content (AvgIpc) is 2.19. The molecule has 1 aromatic carbocycles. The van der Waals surface area contributed by atoms with Crippen molar-refractivity contribution in [1.82, 2.24) is 5.32 Å². The van der Waals surface area contributed by atoms with E-state index in [4.69, 9.17) is 9.47 Å². The molecule has 3 heteroatoms.